The highest BCUT2D eigenvalue weighted by molar-refractivity contribution is 5.05. The number of aromatic amines is 1. The predicted molar refractivity (Wildman–Crippen MR) is 58.6 cm³/mol. The number of methoxy groups -OCH3 is 1. The third kappa shape index (κ3) is 1.97. The largest absolute Gasteiger partial charge is 0.388 e. The first-order chi connectivity index (χ1) is 7.70. The van der Waals surface area contributed by atoms with Gasteiger partial charge in [0.05, 0.1) is 0 Å². The van der Waals surface area contributed by atoms with Gasteiger partial charge in [0.1, 0.15) is 18.0 Å². The number of hydrogen-bond donors (Lipinski definition) is 2. The molecule has 0 bridgehead atoms. The van der Waals surface area contributed by atoms with Crippen molar-refractivity contribution < 1.29 is 9.84 Å². The Morgan fingerprint density at radius 3 is 3.00 bits per heavy atom. The molecule has 0 saturated heterocycles. The Morgan fingerprint density at radius 2 is 2.44 bits per heavy atom. The molecule has 1 heterocycles. The van der Waals surface area contributed by atoms with Crippen LogP contribution in [0.25, 0.3) is 0 Å². The molecular formula is C11H19N3O2. The molecule has 0 aromatic carbocycles. The van der Waals surface area contributed by atoms with Crippen molar-refractivity contribution >= 4 is 0 Å². The molecule has 0 amide bonds. The van der Waals surface area contributed by atoms with Gasteiger partial charge in [0, 0.05) is 7.11 Å². The number of ether oxygens (including phenoxy) is 1. The highest BCUT2D eigenvalue weighted by Gasteiger charge is 2.40. The van der Waals surface area contributed by atoms with Crippen LogP contribution in [0.2, 0.25) is 0 Å². The first kappa shape index (κ1) is 11.5. The molecule has 1 saturated carbocycles. The van der Waals surface area contributed by atoms with Crippen LogP contribution in [-0.2, 0) is 16.9 Å². The molecule has 2 unspecified atom stereocenters. The maximum absolute atomic E-state index is 8.98. The van der Waals surface area contributed by atoms with Crippen LogP contribution < -0.4 is 0 Å². The van der Waals surface area contributed by atoms with E-state index in [1.54, 1.807) is 7.11 Å². The fourth-order valence-electron chi connectivity index (χ4n) is 2.55. The van der Waals surface area contributed by atoms with E-state index in [-0.39, 0.29) is 12.2 Å². The second-order valence-corrected chi connectivity index (χ2v) is 4.66. The summed E-state index contributed by atoms with van der Waals surface area (Å²) in [5.74, 6) is 1.82. The molecule has 0 spiro atoms. The second-order valence-electron chi connectivity index (χ2n) is 4.66. The van der Waals surface area contributed by atoms with Crippen LogP contribution in [0.1, 0.15) is 44.3 Å². The number of H-pyrrole nitrogens is 1. The minimum absolute atomic E-state index is 0.109. The van der Waals surface area contributed by atoms with Crippen LogP contribution >= 0.6 is 0 Å². The van der Waals surface area contributed by atoms with E-state index in [4.69, 9.17) is 9.84 Å². The van der Waals surface area contributed by atoms with Gasteiger partial charge in [-0.1, -0.05) is 13.3 Å². The molecule has 1 fully saturated rings. The topological polar surface area (TPSA) is 71.0 Å². The number of hydrogen-bond acceptors (Lipinski definition) is 4. The van der Waals surface area contributed by atoms with Crippen molar-refractivity contribution in [2.45, 2.75) is 44.8 Å². The van der Waals surface area contributed by atoms with Gasteiger partial charge in [-0.2, -0.15) is 5.10 Å². The van der Waals surface area contributed by atoms with Gasteiger partial charge in [0.2, 0.25) is 0 Å². The van der Waals surface area contributed by atoms with Gasteiger partial charge in [-0.05, 0) is 25.2 Å². The van der Waals surface area contributed by atoms with Gasteiger partial charge in [-0.3, -0.25) is 5.10 Å². The highest BCUT2D eigenvalue weighted by atomic mass is 16.5. The van der Waals surface area contributed by atoms with E-state index >= 15 is 0 Å². The Bertz CT molecular complexity index is 353. The number of nitrogens with zero attached hydrogens (tertiary/aromatic N) is 2. The van der Waals surface area contributed by atoms with E-state index in [1.165, 1.54) is 6.42 Å². The van der Waals surface area contributed by atoms with Gasteiger partial charge in [0.15, 0.2) is 5.82 Å². The molecule has 2 atom stereocenters. The molecule has 5 nitrogen and oxygen atoms in total. The summed E-state index contributed by atoms with van der Waals surface area (Å²) in [7, 11) is 1.72. The van der Waals surface area contributed by atoms with Crippen LogP contribution in [-0.4, -0.2) is 27.4 Å². The Morgan fingerprint density at radius 1 is 1.62 bits per heavy atom. The Kier molecular flexibility index (Phi) is 3.25. The number of aromatic nitrogens is 3. The van der Waals surface area contributed by atoms with E-state index in [1.807, 2.05) is 0 Å². The van der Waals surface area contributed by atoms with E-state index in [2.05, 4.69) is 22.1 Å². The number of aliphatic hydroxyl groups is 1. The van der Waals surface area contributed by atoms with E-state index in [0.29, 0.717) is 17.6 Å². The molecule has 1 aliphatic rings. The molecule has 1 aromatic rings. The summed E-state index contributed by atoms with van der Waals surface area (Å²) in [6.45, 7) is 2.12. The molecule has 2 rings (SSSR count). The van der Waals surface area contributed by atoms with E-state index in [0.717, 1.165) is 19.3 Å². The zero-order valence-electron chi connectivity index (χ0n) is 9.86. The molecule has 0 radical (unpaired) electrons. The summed E-state index contributed by atoms with van der Waals surface area (Å²) in [6.07, 6.45) is 4.28. The highest BCUT2D eigenvalue weighted by Crippen LogP contribution is 2.40. The average Bonchev–Trinajstić information content (AvgIpc) is 2.78. The van der Waals surface area contributed by atoms with E-state index in [9.17, 15) is 0 Å². The SMILES string of the molecule is COC1(c2n[nH]c(CO)n2)CCCC(C)C1. The van der Waals surface area contributed by atoms with Crippen molar-refractivity contribution in [2.75, 3.05) is 7.11 Å². The minimum atomic E-state index is -0.360. The number of rotatable bonds is 3. The zero-order valence-corrected chi connectivity index (χ0v) is 9.86. The van der Waals surface area contributed by atoms with Crippen LogP contribution in [0.4, 0.5) is 0 Å². The molecule has 5 heteroatoms. The second kappa shape index (κ2) is 4.51. The minimum Gasteiger partial charge on any atom is -0.388 e. The van der Waals surface area contributed by atoms with Crippen molar-refractivity contribution in [2.24, 2.45) is 5.92 Å². The van der Waals surface area contributed by atoms with Gasteiger partial charge < -0.3 is 9.84 Å². The number of nitrogens with one attached hydrogen (secondary N) is 1. The molecule has 0 aliphatic heterocycles. The van der Waals surface area contributed by atoms with Crippen LogP contribution in [0, 0.1) is 5.92 Å². The van der Waals surface area contributed by atoms with Crippen molar-refractivity contribution in [1.29, 1.82) is 0 Å². The Balaban J connectivity index is 2.25. The fraction of sp³-hybridized carbons (Fsp3) is 0.818. The van der Waals surface area contributed by atoms with Crippen LogP contribution in [0.3, 0.4) is 0 Å². The summed E-state index contributed by atoms with van der Waals surface area (Å²) >= 11 is 0. The smallest absolute Gasteiger partial charge is 0.182 e. The van der Waals surface area contributed by atoms with Crippen molar-refractivity contribution in [3.63, 3.8) is 0 Å². The molecule has 2 N–H and O–H groups in total. The first-order valence-electron chi connectivity index (χ1n) is 5.78. The summed E-state index contributed by atoms with van der Waals surface area (Å²) in [4.78, 5) is 4.29. The lowest BCUT2D eigenvalue weighted by Gasteiger charge is -2.36. The third-order valence-electron chi connectivity index (χ3n) is 3.44. The predicted octanol–water partition coefficient (Wildman–Crippen LogP) is 1.35. The Hall–Kier alpha value is -0.940. The third-order valence-corrected chi connectivity index (χ3v) is 3.44. The normalized spacial score (nSPS) is 30.6. The monoisotopic (exact) mass is 225 g/mol. The molecular weight excluding hydrogens is 206 g/mol. The van der Waals surface area contributed by atoms with Gasteiger partial charge in [0.25, 0.3) is 0 Å². The van der Waals surface area contributed by atoms with Crippen LogP contribution in [0.15, 0.2) is 0 Å². The van der Waals surface area contributed by atoms with Crippen molar-refractivity contribution in [3.05, 3.63) is 11.6 Å². The average molecular weight is 225 g/mol. The summed E-state index contributed by atoms with van der Waals surface area (Å²) in [6, 6.07) is 0. The lowest BCUT2D eigenvalue weighted by atomic mass is 9.78. The van der Waals surface area contributed by atoms with Gasteiger partial charge >= 0.3 is 0 Å². The fourth-order valence-corrected chi connectivity index (χ4v) is 2.55. The molecule has 1 aliphatic carbocycles. The van der Waals surface area contributed by atoms with Crippen LogP contribution in [0.5, 0.6) is 0 Å². The van der Waals surface area contributed by atoms with Crippen molar-refractivity contribution in [3.8, 4) is 0 Å². The van der Waals surface area contributed by atoms with Crippen molar-refractivity contribution in [1.82, 2.24) is 15.2 Å². The molecule has 16 heavy (non-hydrogen) atoms. The van der Waals surface area contributed by atoms with Gasteiger partial charge in [-0.25, -0.2) is 4.98 Å². The number of aliphatic hydroxyl groups excluding tert-OH is 1. The maximum Gasteiger partial charge on any atom is 0.182 e. The summed E-state index contributed by atoms with van der Waals surface area (Å²) < 4.78 is 5.67. The first-order valence-corrected chi connectivity index (χ1v) is 5.78. The quantitative estimate of drug-likeness (QED) is 0.814. The van der Waals surface area contributed by atoms with Gasteiger partial charge in [-0.15, -0.1) is 0 Å². The molecule has 1 aromatic heterocycles. The maximum atomic E-state index is 8.98. The molecule has 90 valence electrons. The zero-order chi connectivity index (χ0) is 11.6. The lowest BCUT2D eigenvalue weighted by molar-refractivity contribution is -0.0644. The standard InChI is InChI=1S/C11H19N3O2/c1-8-4-3-5-11(6-8,16-2)10-12-9(7-15)13-14-10/h8,15H,3-7H2,1-2H3,(H,12,13,14). The van der Waals surface area contributed by atoms with E-state index < -0.39 is 0 Å². The summed E-state index contributed by atoms with van der Waals surface area (Å²) in [5.41, 5.74) is -0.360. The lowest BCUT2D eigenvalue weighted by Crippen LogP contribution is -2.35. The Labute approximate surface area is 95.2 Å². The summed E-state index contributed by atoms with van der Waals surface area (Å²) in [5, 5.41) is 15.9.